The zero-order valence-corrected chi connectivity index (χ0v) is 7.64. The average Bonchev–Trinajstić information content (AvgIpc) is 2.18. The lowest BCUT2D eigenvalue weighted by Crippen LogP contribution is -2.10. The number of hydrogen-bond donors (Lipinski definition) is 2. The summed E-state index contributed by atoms with van der Waals surface area (Å²) >= 11 is 0. The maximum Gasteiger partial charge on any atom is 0.242 e. The summed E-state index contributed by atoms with van der Waals surface area (Å²) in [5, 5.41) is 0. The minimum Gasteiger partial charge on any atom is -0.366 e. The molecule has 0 saturated heterocycles. The number of nitrogens with two attached hydrogens (primary N) is 1. The minimum absolute atomic E-state index is 0.434. The Hall–Kier alpha value is -1.81. The molecule has 0 aliphatic heterocycles. The van der Waals surface area contributed by atoms with Gasteiger partial charge in [0.25, 0.3) is 0 Å². The summed E-state index contributed by atoms with van der Waals surface area (Å²) in [6.07, 6.45) is 2.54. The second kappa shape index (κ2) is 5.77. The molecule has 0 heterocycles. The van der Waals surface area contributed by atoms with Crippen molar-refractivity contribution in [3.63, 3.8) is 0 Å². The van der Waals surface area contributed by atoms with E-state index in [-0.39, 0.29) is 0 Å². The Bertz CT molecular complexity index is 309. The Morgan fingerprint density at radius 1 is 1.43 bits per heavy atom. The largest absolute Gasteiger partial charge is 0.366 e. The van der Waals surface area contributed by atoms with Crippen LogP contribution in [0, 0.1) is 0 Å². The van der Waals surface area contributed by atoms with Crippen molar-refractivity contribution in [2.24, 2.45) is 5.73 Å². The van der Waals surface area contributed by atoms with Crippen LogP contribution >= 0.6 is 0 Å². The van der Waals surface area contributed by atoms with Crippen LogP contribution in [0.3, 0.4) is 0 Å². The maximum absolute atomic E-state index is 10.3. The third kappa shape index (κ3) is 4.27. The minimum atomic E-state index is -0.513. The summed E-state index contributed by atoms with van der Waals surface area (Å²) in [4.78, 5) is 15.3. The van der Waals surface area contributed by atoms with Crippen molar-refractivity contribution < 1.29 is 9.63 Å². The standard InChI is InChI=1S/C10H12N2O2/c11-10(13)6-7-12-14-8-9-4-2-1-3-5-9/h1-7,12H,8H2,(H2,11,13). The van der Waals surface area contributed by atoms with E-state index in [9.17, 15) is 4.79 Å². The van der Waals surface area contributed by atoms with E-state index in [0.717, 1.165) is 5.56 Å². The predicted molar refractivity (Wildman–Crippen MR) is 52.7 cm³/mol. The molecule has 1 amide bonds. The first-order valence-electron chi connectivity index (χ1n) is 4.16. The van der Waals surface area contributed by atoms with Crippen molar-refractivity contribution >= 4 is 5.91 Å². The number of hydroxylamine groups is 1. The Labute approximate surface area is 82.3 Å². The highest BCUT2D eigenvalue weighted by molar-refractivity contribution is 5.85. The number of rotatable bonds is 5. The number of amides is 1. The monoisotopic (exact) mass is 192 g/mol. The van der Waals surface area contributed by atoms with Gasteiger partial charge < -0.3 is 5.73 Å². The van der Waals surface area contributed by atoms with Gasteiger partial charge in [-0.3, -0.25) is 15.1 Å². The van der Waals surface area contributed by atoms with Crippen molar-refractivity contribution in [1.29, 1.82) is 0 Å². The lowest BCUT2D eigenvalue weighted by molar-refractivity contribution is -0.113. The van der Waals surface area contributed by atoms with Gasteiger partial charge in [0.15, 0.2) is 0 Å². The van der Waals surface area contributed by atoms with E-state index in [1.807, 2.05) is 30.3 Å². The lowest BCUT2D eigenvalue weighted by atomic mass is 10.2. The molecule has 1 aromatic carbocycles. The number of primary amides is 1. The van der Waals surface area contributed by atoms with E-state index >= 15 is 0 Å². The van der Waals surface area contributed by atoms with Gasteiger partial charge in [0.1, 0.15) is 0 Å². The normalized spacial score (nSPS) is 10.3. The van der Waals surface area contributed by atoms with Crippen LogP contribution in [0.15, 0.2) is 42.6 Å². The van der Waals surface area contributed by atoms with Crippen LogP contribution < -0.4 is 11.2 Å². The Morgan fingerprint density at radius 3 is 2.79 bits per heavy atom. The van der Waals surface area contributed by atoms with Crippen LogP contribution in [-0.2, 0) is 16.2 Å². The molecule has 0 saturated carbocycles. The molecule has 0 aromatic heterocycles. The maximum atomic E-state index is 10.3. The highest BCUT2D eigenvalue weighted by atomic mass is 16.6. The van der Waals surface area contributed by atoms with E-state index in [1.54, 1.807) is 0 Å². The second-order valence-corrected chi connectivity index (χ2v) is 2.63. The number of hydrogen-bond acceptors (Lipinski definition) is 3. The molecule has 0 bridgehead atoms. The Balaban J connectivity index is 2.19. The lowest BCUT2D eigenvalue weighted by Gasteiger charge is -2.01. The first kappa shape index (κ1) is 10.3. The summed E-state index contributed by atoms with van der Waals surface area (Å²) in [6, 6.07) is 9.68. The van der Waals surface area contributed by atoms with Crippen LogP contribution in [0.1, 0.15) is 5.56 Å². The van der Waals surface area contributed by atoms with Crippen molar-refractivity contribution in [2.75, 3.05) is 0 Å². The molecule has 4 heteroatoms. The molecule has 0 atom stereocenters. The molecule has 74 valence electrons. The zero-order chi connectivity index (χ0) is 10.2. The third-order valence-corrected chi connectivity index (χ3v) is 1.48. The number of carbonyl (C=O) groups excluding carboxylic acids is 1. The summed E-state index contributed by atoms with van der Waals surface area (Å²) in [7, 11) is 0. The summed E-state index contributed by atoms with van der Waals surface area (Å²) in [5.74, 6) is -0.513. The van der Waals surface area contributed by atoms with Gasteiger partial charge >= 0.3 is 0 Å². The fraction of sp³-hybridized carbons (Fsp3) is 0.100. The van der Waals surface area contributed by atoms with Gasteiger partial charge in [-0.15, -0.1) is 0 Å². The molecule has 1 aromatic rings. The predicted octanol–water partition coefficient (Wildman–Crippen LogP) is 0.707. The molecular formula is C10H12N2O2. The molecule has 0 radical (unpaired) electrons. The van der Waals surface area contributed by atoms with Crippen LogP contribution in [0.4, 0.5) is 0 Å². The fourth-order valence-electron chi connectivity index (χ4n) is 0.864. The molecule has 0 fully saturated rings. The van der Waals surface area contributed by atoms with Gasteiger partial charge in [-0.05, 0) is 5.56 Å². The van der Waals surface area contributed by atoms with Crippen LogP contribution in [-0.4, -0.2) is 5.91 Å². The van der Waals surface area contributed by atoms with Gasteiger partial charge in [0.05, 0.1) is 6.61 Å². The summed E-state index contributed by atoms with van der Waals surface area (Å²) in [5.41, 5.74) is 8.40. The first-order valence-corrected chi connectivity index (χ1v) is 4.16. The third-order valence-electron chi connectivity index (χ3n) is 1.48. The van der Waals surface area contributed by atoms with Crippen LogP contribution in [0.25, 0.3) is 0 Å². The van der Waals surface area contributed by atoms with Gasteiger partial charge in [0, 0.05) is 12.3 Å². The number of nitrogens with one attached hydrogen (secondary N) is 1. The molecule has 0 aliphatic carbocycles. The van der Waals surface area contributed by atoms with Gasteiger partial charge in [-0.25, -0.2) is 0 Å². The fourth-order valence-corrected chi connectivity index (χ4v) is 0.864. The smallest absolute Gasteiger partial charge is 0.242 e. The molecule has 0 aliphatic rings. The van der Waals surface area contributed by atoms with Gasteiger partial charge in [0.2, 0.25) is 5.91 Å². The van der Waals surface area contributed by atoms with Crippen molar-refractivity contribution in [1.82, 2.24) is 5.48 Å². The molecule has 3 N–H and O–H groups in total. The average molecular weight is 192 g/mol. The molecule has 0 unspecified atom stereocenters. The zero-order valence-electron chi connectivity index (χ0n) is 7.64. The molecule has 14 heavy (non-hydrogen) atoms. The summed E-state index contributed by atoms with van der Waals surface area (Å²) in [6.45, 7) is 0.434. The van der Waals surface area contributed by atoms with Crippen LogP contribution in [0.2, 0.25) is 0 Å². The highest BCUT2D eigenvalue weighted by Crippen LogP contribution is 1.98. The van der Waals surface area contributed by atoms with E-state index in [1.165, 1.54) is 12.3 Å². The van der Waals surface area contributed by atoms with Crippen molar-refractivity contribution in [2.45, 2.75) is 6.61 Å². The first-order chi connectivity index (χ1) is 6.79. The Kier molecular flexibility index (Phi) is 4.23. The van der Waals surface area contributed by atoms with E-state index in [0.29, 0.717) is 6.61 Å². The SMILES string of the molecule is NC(=O)C=CNOCc1ccccc1. The van der Waals surface area contributed by atoms with E-state index < -0.39 is 5.91 Å². The number of carbonyl (C=O) groups is 1. The second-order valence-electron chi connectivity index (χ2n) is 2.63. The highest BCUT2D eigenvalue weighted by Gasteiger charge is 1.88. The van der Waals surface area contributed by atoms with E-state index in [4.69, 9.17) is 10.6 Å². The molecule has 4 nitrogen and oxygen atoms in total. The number of benzene rings is 1. The summed E-state index contributed by atoms with van der Waals surface area (Å²) < 4.78 is 0. The van der Waals surface area contributed by atoms with E-state index in [2.05, 4.69) is 5.48 Å². The van der Waals surface area contributed by atoms with Gasteiger partial charge in [-0.1, -0.05) is 30.3 Å². The Morgan fingerprint density at radius 2 is 2.14 bits per heavy atom. The molecule has 0 spiro atoms. The topological polar surface area (TPSA) is 64.4 Å². The quantitative estimate of drug-likeness (QED) is 0.410. The van der Waals surface area contributed by atoms with Crippen molar-refractivity contribution in [3.8, 4) is 0 Å². The molecule has 1 rings (SSSR count). The van der Waals surface area contributed by atoms with Gasteiger partial charge in [-0.2, -0.15) is 0 Å². The van der Waals surface area contributed by atoms with Crippen molar-refractivity contribution in [3.05, 3.63) is 48.2 Å². The molecular weight excluding hydrogens is 180 g/mol. The van der Waals surface area contributed by atoms with Crippen LogP contribution in [0.5, 0.6) is 0 Å².